The van der Waals surface area contributed by atoms with Crippen molar-refractivity contribution in [3.8, 4) is 17.6 Å². The van der Waals surface area contributed by atoms with Gasteiger partial charge in [0.25, 0.3) is 0 Å². The first-order valence-electron chi connectivity index (χ1n) is 8.93. The van der Waals surface area contributed by atoms with Gasteiger partial charge in [0.15, 0.2) is 0 Å². The zero-order valence-corrected chi connectivity index (χ0v) is 16.6. The summed E-state index contributed by atoms with van der Waals surface area (Å²) in [6.07, 6.45) is 1.32. The van der Waals surface area contributed by atoms with Crippen molar-refractivity contribution in [2.24, 2.45) is 0 Å². The van der Waals surface area contributed by atoms with Gasteiger partial charge in [0.2, 0.25) is 0 Å². The molecule has 2 aromatic rings. The third-order valence-corrected chi connectivity index (χ3v) is 5.65. The summed E-state index contributed by atoms with van der Waals surface area (Å²) in [5.41, 5.74) is 3.49. The van der Waals surface area contributed by atoms with Crippen LogP contribution in [0.5, 0.6) is 5.75 Å². The molecule has 3 nitrogen and oxygen atoms in total. The molecule has 1 aliphatic rings. The van der Waals surface area contributed by atoms with Crippen molar-refractivity contribution in [3.05, 3.63) is 50.7 Å². The van der Waals surface area contributed by atoms with Gasteiger partial charge in [-0.15, -0.1) is 11.3 Å². The van der Waals surface area contributed by atoms with Gasteiger partial charge in [-0.2, -0.15) is 0 Å². The molecule has 1 aromatic heterocycles. The van der Waals surface area contributed by atoms with Crippen LogP contribution in [-0.2, 0) is 21.4 Å². The zero-order chi connectivity index (χ0) is 18.7. The van der Waals surface area contributed by atoms with Crippen LogP contribution in [0.15, 0.2) is 24.3 Å². The molecule has 4 heteroatoms. The molecule has 0 spiro atoms. The molecule has 0 fully saturated rings. The molecule has 0 amide bonds. The third-order valence-electron chi connectivity index (χ3n) is 4.65. The normalized spacial score (nSPS) is 14.6. The Bertz CT molecular complexity index is 881. The van der Waals surface area contributed by atoms with E-state index in [0.717, 1.165) is 39.7 Å². The van der Waals surface area contributed by atoms with Gasteiger partial charge >= 0.3 is 5.97 Å². The van der Waals surface area contributed by atoms with Crippen molar-refractivity contribution >= 4 is 17.3 Å². The lowest BCUT2D eigenvalue weighted by molar-refractivity contribution is -0.142. The molecule has 0 N–H and O–H groups in total. The van der Waals surface area contributed by atoms with Gasteiger partial charge < -0.3 is 9.47 Å². The first-order valence-corrected chi connectivity index (χ1v) is 9.75. The van der Waals surface area contributed by atoms with Crippen molar-refractivity contribution < 1.29 is 14.3 Å². The van der Waals surface area contributed by atoms with E-state index in [1.165, 1.54) is 5.56 Å². The van der Waals surface area contributed by atoms with Gasteiger partial charge in [-0.1, -0.05) is 25.7 Å². The maximum Gasteiger partial charge on any atom is 0.311 e. The summed E-state index contributed by atoms with van der Waals surface area (Å²) in [6.45, 7) is 9.56. The average Bonchev–Trinajstić information content (AvgIpc) is 3.00. The maximum absolute atomic E-state index is 11.6. The Morgan fingerprint density at radius 1 is 1.31 bits per heavy atom. The van der Waals surface area contributed by atoms with Crippen molar-refractivity contribution in [2.75, 3.05) is 13.2 Å². The number of carbonyl (C=O) groups is 1. The van der Waals surface area contributed by atoms with E-state index in [1.807, 2.05) is 19.1 Å². The number of benzene rings is 1. The Kier molecular flexibility index (Phi) is 5.38. The van der Waals surface area contributed by atoms with E-state index in [1.54, 1.807) is 11.3 Å². The first-order chi connectivity index (χ1) is 12.4. The molecule has 0 saturated heterocycles. The lowest BCUT2D eigenvalue weighted by Gasteiger charge is -2.33. The summed E-state index contributed by atoms with van der Waals surface area (Å²) < 4.78 is 10.8. The Morgan fingerprint density at radius 3 is 2.88 bits per heavy atom. The van der Waals surface area contributed by atoms with E-state index in [9.17, 15) is 4.79 Å². The Morgan fingerprint density at radius 2 is 2.12 bits per heavy atom. The minimum atomic E-state index is -0.193. The fraction of sp³-hybridized carbons (Fsp3) is 0.409. The summed E-state index contributed by atoms with van der Waals surface area (Å²) >= 11 is 1.54. The topological polar surface area (TPSA) is 35.5 Å². The number of hydrogen-bond acceptors (Lipinski definition) is 4. The van der Waals surface area contributed by atoms with Gasteiger partial charge in [-0.05, 0) is 55.5 Å². The van der Waals surface area contributed by atoms with Gasteiger partial charge in [0, 0.05) is 16.0 Å². The van der Waals surface area contributed by atoms with Crippen LogP contribution in [0.4, 0.5) is 0 Å². The second-order valence-corrected chi connectivity index (χ2v) is 8.31. The van der Waals surface area contributed by atoms with Gasteiger partial charge in [-0.3, -0.25) is 4.79 Å². The fourth-order valence-electron chi connectivity index (χ4n) is 3.04. The van der Waals surface area contributed by atoms with Crippen LogP contribution in [0, 0.1) is 18.8 Å². The highest BCUT2D eigenvalue weighted by atomic mass is 32.1. The summed E-state index contributed by atoms with van der Waals surface area (Å²) in [7, 11) is 0. The lowest BCUT2D eigenvalue weighted by atomic mass is 9.78. The predicted molar refractivity (Wildman–Crippen MR) is 105 cm³/mol. The lowest BCUT2D eigenvalue weighted by Crippen LogP contribution is -2.26. The Hall–Kier alpha value is -2.25. The quantitative estimate of drug-likeness (QED) is 0.586. The number of esters is 1. The van der Waals surface area contributed by atoms with E-state index in [-0.39, 0.29) is 11.4 Å². The molecular weight excluding hydrogens is 344 g/mol. The molecule has 0 radical (unpaired) electrons. The summed E-state index contributed by atoms with van der Waals surface area (Å²) in [4.78, 5) is 13.5. The second-order valence-electron chi connectivity index (χ2n) is 7.14. The van der Waals surface area contributed by atoms with Crippen molar-refractivity contribution in [1.29, 1.82) is 0 Å². The minimum absolute atomic E-state index is 0.105. The largest absolute Gasteiger partial charge is 0.493 e. The number of thiophene rings is 1. The highest BCUT2D eigenvalue weighted by Gasteiger charge is 2.29. The SMILES string of the molecule is CCOC(=O)Cc1ccc(C#Cc2cc3c(cc2C)OCCC3(C)C)s1. The number of ether oxygens (including phenoxy) is 2. The van der Waals surface area contributed by atoms with Crippen LogP contribution in [0.3, 0.4) is 0 Å². The molecular formula is C22H24O3S. The van der Waals surface area contributed by atoms with Crippen LogP contribution >= 0.6 is 11.3 Å². The van der Waals surface area contributed by atoms with E-state index >= 15 is 0 Å². The van der Waals surface area contributed by atoms with Crippen molar-refractivity contribution in [3.63, 3.8) is 0 Å². The molecule has 0 aliphatic carbocycles. The molecule has 1 aromatic carbocycles. The highest BCUT2D eigenvalue weighted by molar-refractivity contribution is 7.12. The number of hydrogen-bond donors (Lipinski definition) is 0. The summed E-state index contributed by atoms with van der Waals surface area (Å²) in [5, 5.41) is 0. The minimum Gasteiger partial charge on any atom is -0.493 e. The Labute approximate surface area is 159 Å². The molecule has 0 bridgehead atoms. The van der Waals surface area contributed by atoms with E-state index in [0.29, 0.717) is 13.0 Å². The second kappa shape index (κ2) is 7.55. The highest BCUT2D eigenvalue weighted by Crippen LogP contribution is 2.39. The molecule has 0 unspecified atom stereocenters. The fourth-order valence-corrected chi connectivity index (χ4v) is 3.89. The predicted octanol–water partition coefficient (Wildman–Crippen LogP) is 4.62. The molecule has 0 saturated carbocycles. The van der Waals surface area contributed by atoms with E-state index in [4.69, 9.17) is 9.47 Å². The molecule has 2 heterocycles. The summed E-state index contributed by atoms with van der Waals surface area (Å²) in [6, 6.07) is 8.18. The zero-order valence-electron chi connectivity index (χ0n) is 15.8. The molecule has 3 rings (SSSR count). The first kappa shape index (κ1) is 18.5. The number of rotatable bonds is 3. The maximum atomic E-state index is 11.6. The number of carbonyl (C=O) groups excluding carboxylic acids is 1. The van der Waals surface area contributed by atoms with Gasteiger partial charge in [0.1, 0.15) is 5.75 Å². The van der Waals surface area contributed by atoms with Gasteiger partial charge in [-0.25, -0.2) is 0 Å². The standard InChI is InChI=1S/C22H24O3S/c1-5-24-21(23)14-18-9-8-17(26-18)7-6-16-13-19-20(12-15(16)2)25-11-10-22(19,3)4/h8-9,12-13H,5,10-11,14H2,1-4H3. The smallest absolute Gasteiger partial charge is 0.311 e. The van der Waals surface area contributed by atoms with Crippen LogP contribution in [0.2, 0.25) is 0 Å². The van der Waals surface area contributed by atoms with E-state index < -0.39 is 0 Å². The number of fused-ring (bicyclic) bond motifs is 1. The molecule has 0 atom stereocenters. The third kappa shape index (κ3) is 4.11. The van der Waals surface area contributed by atoms with Crippen LogP contribution in [0.25, 0.3) is 0 Å². The average molecular weight is 368 g/mol. The van der Waals surface area contributed by atoms with Crippen LogP contribution in [-0.4, -0.2) is 19.2 Å². The Balaban J connectivity index is 1.83. The molecule has 1 aliphatic heterocycles. The number of aryl methyl sites for hydroxylation is 1. The van der Waals surface area contributed by atoms with E-state index in [2.05, 4.69) is 44.7 Å². The summed E-state index contributed by atoms with van der Waals surface area (Å²) in [5.74, 6) is 7.33. The molecule has 136 valence electrons. The van der Waals surface area contributed by atoms with Crippen molar-refractivity contribution in [2.45, 2.75) is 46.0 Å². The monoisotopic (exact) mass is 368 g/mol. The van der Waals surface area contributed by atoms with Crippen LogP contribution in [0.1, 0.15) is 53.6 Å². The van der Waals surface area contributed by atoms with Crippen LogP contribution < -0.4 is 4.74 Å². The van der Waals surface area contributed by atoms with Crippen molar-refractivity contribution in [1.82, 2.24) is 0 Å². The van der Waals surface area contributed by atoms with Gasteiger partial charge in [0.05, 0.1) is 24.5 Å². The molecule has 26 heavy (non-hydrogen) atoms.